The number of benzene rings is 1. The minimum absolute atomic E-state index is 0.0286. The number of para-hydroxylation sites is 1. The number of hydrogen-bond acceptors (Lipinski definition) is 3. The summed E-state index contributed by atoms with van der Waals surface area (Å²) in [5.41, 5.74) is 1.24. The number of rotatable bonds is 5. The van der Waals surface area contributed by atoms with Gasteiger partial charge in [-0.1, -0.05) is 24.6 Å². The Labute approximate surface area is 125 Å². The molecule has 1 aromatic rings. The average molecular weight is 289 g/mol. The predicted molar refractivity (Wildman–Crippen MR) is 80.5 cm³/mol. The second kappa shape index (κ2) is 6.06. The quantitative estimate of drug-likeness (QED) is 0.905. The number of carbonyl (C=O) groups is 1. The minimum Gasteiger partial charge on any atom is -0.496 e. The van der Waals surface area contributed by atoms with E-state index in [0.29, 0.717) is 13.2 Å². The fraction of sp³-hybridized carbons (Fsp3) is 0.588. The molecule has 0 spiro atoms. The zero-order valence-corrected chi connectivity index (χ0v) is 12.6. The summed E-state index contributed by atoms with van der Waals surface area (Å²) in [6.07, 6.45) is 4.97. The van der Waals surface area contributed by atoms with Gasteiger partial charge < -0.3 is 14.8 Å². The van der Waals surface area contributed by atoms with Crippen molar-refractivity contribution in [2.45, 2.75) is 43.6 Å². The molecule has 1 amide bonds. The van der Waals surface area contributed by atoms with E-state index < -0.39 is 0 Å². The molecule has 3 rings (SSSR count). The van der Waals surface area contributed by atoms with Crippen molar-refractivity contribution in [3.63, 3.8) is 0 Å². The van der Waals surface area contributed by atoms with Crippen LogP contribution in [0.2, 0.25) is 0 Å². The van der Waals surface area contributed by atoms with Gasteiger partial charge >= 0.3 is 0 Å². The molecule has 21 heavy (non-hydrogen) atoms. The molecule has 1 aliphatic heterocycles. The molecule has 4 nitrogen and oxygen atoms in total. The van der Waals surface area contributed by atoms with Crippen molar-refractivity contribution in [3.8, 4) is 5.75 Å². The van der Waals surface area contributed by atoms with Gasteiger partial charge in [0.05, 0.1) is 7.11 Å². The van der Waals surface area contributed by atoms with Crippen molar-refractivity contribution in [2.75, 3.05) is 20.3 Å². The Kier molecular flexibility index (Phi) is 4.15. The molecule has 2 fully saturated rings. The number of hydrogen-bond donors (Lipinski definition) is 1. The highest BCUT2D eigenvalue weighted by Crippen LogP contribution is 2.46. The van der Waals surface area contributed by atoms with E-state index in [2.05, 4.69) is 11.4 Å². The third-order valence-electron chi connectivity index (χ3n) is 4.81. The van der Waals surface area contributed by atoms with Crippen LogP contribution in [0.3, 0.4) is 0 Å². The second-order valence-electron chi connectivity index (χ2n) is 6.05. The highest BCUT2D eigenvalue weighted by atomic mass is 16.5. The highest BCUT2D eigenvalue weighted by molar-refractivity contribution is 5.81. The summed E-state index contributed by atoms with van der Waals surface area (Å²) >= 11 is 0. The van der Waals surface area contributed by atoms with Crippen molar-refractivity contribution in [1.82, 2.24) is 5.32 Å². The Morgan fingerprint density at radius 1 is 1.38 bits per heavy atom. The Hall–Kier alpha value is -1.55. The lowest BCUT2D eigenvalue weighted by Gasteiger charge is -2.43. The standard InChI is InChI=1S/C17H23NO3/c1-20-14-7-3-2-6-13(14)17(9-5-10-17)12-18-16(19)15-8-4-11-21-15/h2-3,6-7,15H,4-5,8-12H2,1H3,(H,18,19). The number of amides is 1. The fourth-order valence-corrected chi connectivity index (χ4v) is 3.38. The van der Waals surface area contributed by atoms with E-state index in [9.17, 15) is 4.79 Å². The Balaban J connectivity index is 1.70. The Morgan fingerprint density at radius 2 is 2.19 bits per heavy atom. The number of methoxy groups -OCH3 is 1. The van der Waals surface area contributed by atoms with Gasteiger partial charge in [-0.2, -0.15) is 0 Å². The molecule has 4 heteroatoms. The van der Waals surface area contributed by atoms with Gasteiger partial charge in [-0.3, -0.25) is 4.79 Å². The molecule has 1 saturated heterocycles. The first kappa shape index (κ1) is 14.4. The van der Waals surface area contributed by atoms with Crippen molar-refractivity contribution in [1.29, 1.82) is 0 Å². The van der Waals surface area contributed by atoms with Crippen LogP contribution in [-0.4, -0.2) is 32.3 Å². The van der Waals surface area contributed by atoms with Crippen molar-refractivity contribution in [2.24, 2.45) is 0 Å². The summed E-state index contributed by atoms with van der Waals surface area (Å²) in [4.78, 5) is 12.2. The molecule has 0 aromatic heterocycles. The maximum absolute atomic E-state index is 12.2. The van der Waals surface area contributed by atoms with Crippen LogP contribution >= 0.6 is 0 Å². The zero-order valence-electron chi connectivity index (χ0n) is 12.6. The fourth-order valence-electron chi connectivity index (χ4n) is 3.38. The number of nitrogens with one attached hydrogen (secondary N) is 1. The van der Waals surface area contributed by atoms with Crippen molar-refractivity contribution >= 4 is 5.91 Å². The van der Waals surface area contributed by atoms with Crippen molar-refractivity contribution < 1.29 is 14.3 Å². The van der Waals surface area contributed by atoms with Gasteiger partial charge in [0.25, 0.3) is 0 Å². The molecule has 0 bridgehead atoms. The second-order valence-corrected chi connectivity index (χ2v) is 6.05. The largest absolute Gasteiger partial charge is 0.496 e. The lowest BCUT2D eigenvalue weighted by molar-refractivity contribution is -0.130. The molecule has 2 aliphatic rings. The molecule has 1 unspecified atom stereocenters. The summed E-state index contributed by atoms with van der Waals surface area (Å²) in [7, 11) is 1.70. The predicted octanol–water partition coefficient (Wildman–Crippen LogP) is 2.41. The van der Waals surface area contributed by atoms with E-state index in [0.717, 1.165) is 31.4 Å². The summed E-state index contributed by atoms with van der Waals surface area (Å²) in [6.45, 7) is 1.38. The van der Waals surface area contributed by atoms with Crippen LogP contribution in [0.1, 0.15) is 37.7 Å². The van der Waals surface area contributed by atoms with Gasteiger partial charge in [-0.15, -0.1) is 0 Å². The van der Waals surface area contributed by atoms with Crippen LogP contribution in [0.5, 0.6) is 5.75 Å². The third-order valence-corrected chi connectivity index (χ3v) is 4.81. The van der Waals surface area contributed by atoms with Gasteiger partial charge in [0.15, 0.2) is 0 Å². The molecule has 1 atom stereocenters. The van der Waals surface area contributed by atoms with E-state index in [1.165, 1.54) is 12.0 Å². The lowest BCUT2D eigenvalue weighted by atomic mass is 9.64. The maximum atomic E-state index is 12.2. The molecule has 1 aromatic carbocycles. The van der Waals surface area contributed by atoms with Crippen LogP contribution in [-0.2, 0) is 14.9 Å². The van der Waals surface area contributed by atoms with E-state index in [1.807, 2.05) is 18.2 Å². The first-order valence-electron chi connectivity index (χ1n) is 7.78. The van der Waals surface area contributed by atoms with E-state index in [1.54, 1.807) is 7.11 Å². The molecule has 0 radical (unpaired) electrons. The van der Waals surface area contributed by atoms with Crippen molar-refractivity contribution in [3.05, 3.63) is 29.8 Å². The van der Waals surface area contributed by atoms with Gasteiger partial charge in [0, 0.05) is 24.1 Å². The molecule has 1 aliphatic carbocycles. The minimum atomic E-state index is -0.250. The van der Waals surface area contributed by atoms with Crippen LogP contribution in [0.25, 0.3) is 0 Å². The molecular weight excluding hydrogens is 266 g/mol. The Bertz CT molecular complexity index is 505. The topological polar surface area (TPSA) is 47.6 Å². The summed E-state index contributed by atoms with van der Waals surface area (Å²) in [5.74, 6) is 0.956. The zero-order chi connectivity index (χ0) is 14.7. The van der Waals surface area contributed by atoms with Crippen LogP contribution in [0, 0.1) is 0 Å². The third kappa shape index (κ3) is 2.77. The van der Waals surface area contributed by atoms with E-state index in [4.69, 9.17) is 9.47 Å². The lowest BCUT2D eigenvalue weighted by Crippen LogP contribution is -2.48. The smallest absolute Gasteiger partial charge is 0.249 e. The Morgan fingerprint density at radius 3 is 2.81 bits per heavy atom. The molecule has 1 heterocycles. The molecule has 1 N–H and O–H groups in total. The first-order chi connectivity index (χ1) is 10.2. The summed E-state index contributed by atoms with van der Waals surface area (Å²) < 4.78 is 10.9. The van der Waals surface area contributed by atoms with Gasteiger partial charge in [-0.05, 0) is 31.7 Å². The summed E-state index contributed by atoms with van der Waals surface area (Å²) in [6, 6.07) is 8.15. The van der Waals surface area contributed by atoms with Crippen LogP contribution < -0.4 is 10.1 Å². The highest BCUT2D eigenvalue weighted by Gasteiger charge is 2.41. The van der Waals surface area contributed by atoms with Gasteiger partial charge in [0.1, 0.15) is 11.9 Å². The van der Waals surface area contributed by atoms with Crippen LogP contribution in [0.15, 0.2) is 24.3 Å². The SMILES string of the molecule is COc1ccccc1C1(CNC(=O)C2CCCO2)CCC1. The molecular formula is C17H23NO3. The van der Waals surface area contributed by atoms with Crippen LogP contribution in [0.4, 0.5) is 0 Å². The molecule has 114 valence electrons. The van der Waals surface area contributed by atoms with Gasteiger partial charge in [0.2, 0.25) is 5.91 Å². The summed E-state index contributed by atoms with van der Waals surface area (Å²) in [5, 5.41) is 3.10. The van der Waals surface area contributed by atoms with E-state index in [-0.39, 0.29) is 17.4 Å². The maximum Gasteiger partial charge on any atom is 0.249 e. The van der Waals surface area contributed by atoms with Gasteiger partial charge in [-0.25, -0.2) is 0 Å². The monoisotopic (exact) mass is 289 g/mol. The molecule has 1 saturated carbocycles. The number of ether oxygens (including phenoxy) is 2. The average Bonchev–Trinajstić information content (AvgIpc) is 3.00. The van der Waals surface area contributed by atoms with E-state index >= 15 is 0 Å². The number of carbonyl (C=O) groups excluding carboxylic acids is 1. The first-order valence-corrected chi connectivity index (χ1v) is 7.78. The normalized spacial score (nSPS) is 23.4.